The van der Waals surface area contributed by atoms with Crippen LogP contribution in [0.25, 0.3) is 10.9 Å². The van der Waals surface area contributed by atoms with Crippen LogP contribution in [0.15, 0.2) is 48.6 Å². The molecule has 2 bridgehead atoms. The third-order valence-corrected chi connectivity index (χ3v) is 15.8. The molecule has 0 radical (unpaired) electrons. The Morgan fingerprint density at radius 3 is 2.56 bits per heavy atom. The van der Waals surface area contributed by atoms with Crippen molar-refractivity contribution in [2.75, 3.05) is 51.8 Å². The van der Waals surface area contributed by atoms with E-state index in [-0.39, 0.29) is 5.92 Å². The quantitative estimate of drug-likeness (QED) is 0.180. The number of hydrogen-bond acceptors (Lipinski definition) is 10. The third-order valence-electron chi connectivity index (χ3n) is 15.8. The van der Waals surface area contributed by atoms with Gasteiger partial charge in [0, 0.05) is 84.2 Å². The van der Waals surface area contributed by atoms with Crippen LogP contribution in [0.4, 0.5) is 5.69 Å². The first kappa shape index (κ1) is 38.3. The molecule has 12 nitrogen and oxygen atoms in total. The topological polar surface area (TPSA) is 145 Å². The lowest BCUT2D eigenvalue weighted by Crippen LogP contribution is -2.80. The Balaban J connectivity index is 1.36. The van der Waals surface area contributed by atoms with E-state index in [9.17, 15) is 19.8 Å². The first-order chi connectivity index (χ1) is 27.3. The van der Waals surface area contributed by atoms with Gasteiger partial charge < -0.3 is 34.3 Å². The zero-order valence-corrected chi connectivity index (χ0v) is 34.0. The molecule has 3 fully saturated rings. The number of amides is 1. The largest absolute Gasteiger partial charge is 0.496 e. The molecule has 6 aliphatic rings. The van der Waals surface area contributed by atoms with Gasteiger partial charge in [0.05, 0.1) is 31.5 Å². The molecule has 10 atom stereocenters. The Kier molecular flexibility index (Phi) is 8.83. The molecular formula is C45H56N4O8. The van der Waals surface area contributed by atoms with Crippen LogP contribution in [-0.2, 0) is 41.1 Å². The maximum Gasteiger partial charge on any atom is 0.322 e. The zero-order chi connectivity index (χ0) is 40.3. The predicted molar refractivity (Wildman–Crippen MR) is 214 cm³/mol. The number of ether oxygens (including phenoxy) is 3. The van der Waals surface area contributed by atoms with Gasteiger partial charge >= 0.3 is 11.9 Å². The van der Waals surface area contributed by atoms with Crippen molar-refractivity contribution in [1.29, 1.82) is 0 Å². The van der Waals surface area contributed by atoms with Gasteiger partial charge in [0.2, 0.25) is 6.41 Å². The number of aliphatic hydroxyl groups excluding tert-OH is 1. The van der Waals surface area contributed by atoms with E-state index in [1.807, 2.05) is 31.2 Å². The minimum absolute atomic E-state index is 0.0905. The molecule has 9 rings (SSSR count). The summed E-state index contributed by atoms with van der Waals surface area (Å²) >= 11 is 0. The monoisotopic (exact) mass is 780 g/mol. The molecule has 5 aliphatic heterocycles. The van der Waals surface area contributed by atoms with E-state index < -0.39 is 57.6 Å². The summed E-state index contributed by atoms with van der Waals surface area (Å²) in [5.41, 5.74) is 0.0566. The first-order valence-electron chi connectivity index (χ1n) is 20.7. The lowest BCUT2D eigenvalue weighted by atomic mass is 9.44. The van der Waals surface area contributed by atoms with E-state index in [0.717, 1.165) is 34.1 Å². The molecule has 2 saturated heterocycles. The Bertz CT molecular complexity index is 2190. The van der Waals surface area contributed by atoms with Crippen LogP contribution in [0.3, 0.4) is 0 Å². The van der Waals surface area contributed by atoms with Crippen molar-refractivity contribution in [2.45, 2.75) is 106 Å². The number of nitrogens with zero attached hydrogens (tertiary/aromatic N) is 3. The lowest BCUT2D eigenvalue weighted by molar-refractivity contribution is -0.203. The molecule has 1 amide bonds. The van der Waals surface area contributed by atoms with Crippen molar-refractivity contribution >= 4 is 34.9 Å². The second-order valence-corrected chi connectivity index (χ2v) is 17.8. The highest BCUT2D eigenvalue weighted by molar-refractivity contribution is 5.95. The molecule has 3 N–H and O–H groups in total. The van der Waals surface area contributed by atoms with Crippen LogP contribution in [-0.4, -0.2) is 120 Å². The molecule has 1 saturated carbocycles. The molecular weight excluding hydrogens is 725 g/mol. The summed E-state index contributed by atoms with van der Waals surface area (Å²) in [4.78, 5) is 51.7. The van der Waals surface area contributed by atoms with Gasteiger partial charge in [-0.05, 0) is 74.6 Å². The van der Waals surface area contributed by atoms with Crippen molar-refractivity contribution in [3.63, 3.8) is 0 Å². The summed E-state index contributed by atoms with van der Waals surface area (Å²) in [6.07, 6.45) is 6.18. The Hall–Kier alpha value is -4.23. The van der Waals surface area contributed by atoms with E-state index in [0.29, 0.717) is 88.2 Å². The highest BCUT2D eigenvalue weighted by Gasteiger charge is 2.79. The van der Waals surface area contributed by atoms with Crippen LogP contribution < -0.4 is 9.64 Å². The first-order valence-corrected chi connectivity index (χ1v) is 20.7. The van der Waals surface area contributed by atoms with Gasteiger partial charge in [-0.1, -0.05) is 44.2 Å². The number of H-pyrrole nitrogens is 1. The summed E-state index contributed by atoms with van der Waals surface area (Å²) < 4.78 is 18.4. The average molecular weight is 781 g/mol. The number of aromatic nitrogens is 1. The normalized spacial score (nSPS) is 37.9. The maximum absolute atomic E-state index is 15.3. The van der Waals surface area contributed by atoms with Crippen LogP contribution in [0.1, 0.15) is 82.2 Å². The zero-order valence-electron chi connectivity index (χ0n) is 34.0. The summed E-state index contributed by atoms with van der Waals surface area (Å²) in [6.45, 7) is 11.0. The van der Waals surface area contributed by atoms with E-state index >= 15 is 4.79 Å². The summed E-state index contributed by atoms with van der Waals surface area (Å²) in [5, 5.41) is 25.6. The number of aliphatic hydroxyl groups is 2. The highest BCUT2D eigenvalue weighted by Crippen LogP contribution is 2.71. The molecule has 3 aromatic rings. The number of esters is 2. The number of fused-ring (bicyclic) bond motifs is 6. The smallest absolute Gasteiger partial charge is 0.322 e. The number of anilines is 1. The highest BCUT2D eigenvalue weighted by atomic mass is 16.6. The summed E-state index contributed by atoms with van der Waals surface area (Å²) in [5.74, 6) is -0.602. The molecule has 2 aromatic carbocycles. The van der Waals surface area contributed by atoms with Gasteiger partial charge in [-0.2, -0.15) is 0 Å². The van der Waals surface area contributed by atoms with Gasteiger partial charge in [0.1, 0.15) is 23.4 Å². The van der Waals surface area contributed by atoms with Gasteiger partial charge in [-0.15, -0.1) is 0 Å². The predicted octanol–water partition coefficient (Wildman–Crippen LogP) is 4.36. The Labute approximate surface area is 334 Å². The second-order valence-electron chi connectivity index (χ2n) is 17.8. The van der Waals surface area contributed by atoms with Gasteiger partial charge in [0.25, 0.3) is 0 Å². The van der Waals surface area contributed by atoms with E-state index in [4.69, 9.17) is 14.2 Å². The van der Waals surface area contributed by atoms with E-state index in [1.54, 1.807) is 12.0 Å². The number of para-hydroxylation sites is 1. The number of piperidine rings is 1. The number of nitrogens with one attached hydrogen (secondary N) is 1. The standard InChI is InChI=1S/C45H56N4O8/c1-7-42(54)22-28-23-44(40(53)56-6,37-30(14-18-47(24-28)25-42)29-12-9-10-13-33(29)46-37)32-20-31-34(21-35(32)55-5)49(26-50)38-36(52)39(57-27(3)51)43(8-2)15-11-17-48-19-16-45(31,38)41(43,48)4/h9-13,15,20-21,26,28,36,38-39,46,52,54H,7-8,14,16-19,22-25H2,1-6H3/t28-,36-,38-,39-,41-,42-,43-,44-,45-/m0/s1. The second kappa shape index (κ2) is 13.1. The van der Waals surface area contributed by atoms with Crippen LogP contribution in [0, 0.1) is 11.3 Å². The van der Waals surface area contributed by atoms with E-state index in [1.165, 1.54) is 14.0 Å². The Morgan fingerprint density at radius 2 is 1.86 bits per heavy atom. The lowest BCUT2D eigenvalue weighted by Gasteiger charge is -2.66. The fraction of sp³-hybridized carbons (Fsp3) is 0.578. The van der Waals surface area contributed by atoms with Crippen molar-refractivity contribution in [2.24, 2.45) is 11.3 Å². The minimum atomic E-state index is -1.42. The SMILES string of the molecule is CC[C@]1(O)C[C@@H]2C[N@@](CCc3c([nH]c4ccccc34)[C@@](C(=O)OC)(c3cc4c(cc3OC)N(C=O)[C@H]3[C@H](O)[C@H](OC(C)=O)[C@]5(CC)C=CCN6CC[C@]43[C@@]65C)C2)C1. The summed E-state index contributed by atoms with van der Waals surface area (Å²) in [6, 6.07) is 11.3. The number of methoxy groups -OCH3 is 2. The Morgan fingerprint density at radius 1 is 1.07 bits per heavy atom. The number of hydrogen-bond donors (Lipinski definition) is 3. The van der Waals surface area contributed by atoms with Crippen LogP contribution in [0.5, 0.6) is 5.75 Å². The fourth-order valence-electron chi connectivity index (χ4n) is 13.5. The van der Waals surface area contributed by atoms with Crippen molar-refractivity contribution in [3.05, 3.63) is 70.9 Å². The average Bonchev–Trinajstić information content (AvgIpc) is 3.84. The molecule has 1 spiro atoms. The van der Waals surface area contributed by atoms with Crippen LogP contribution in [0.2, 0.25) is 0 Å². The van der Waals surface area contributed by atoms with Crippen LogP contribution >= 0.6 is 0 Å². The van der Waals surface area contributed by atoms with Gasteiger partial charge in [-0.3, -0.25) is 24.2 Å². The van der Waals surface area contributed by atoms with Crippen molar-refractivity contribution in [1.82, 2.24) is 14.8 Å². The van der Waals surface area contributed by atoms with Crippen molar-refractivity contribution < 1.29 is 38.8 Å². The van der Waals surface area contributed by atoms with Gasteiger partial charge in [-0.25, -0.2) is 0 Å². The number of benzene rings is 2. The molecule has 1 aromatic heterocycles. The van der Waals surface area contributed by atoms with E-state index in [2.05, 4.69) is 52.9 Å². The van der Waals surface area contributed by atoms with Crippen molar-refractivity contribution in [3.8, 4) is 5.75 Å². The molecule has 1 aliphatic carbocycles. The number of rotatable bonds is 7. The molecule has 0 unspecified atom stereocenters. The minimum Gasteiger partial charge on any atom is -0.496 e. The molecule has 304 valence electrons. The number of aromatic amines is 1. The number of carbonyl (C=O) groups is 3. The molecule has 12 heteroatoms. The number of carbonyl (C=O) groups excluding carboxylic acids is 3. The molecule has 57 heavy (non-hydrogen) atoms. The molecule has 6 heterocycles. The third kappa shape index (κ3) is 4.78. The van der Waals surface area contributed by atoms with Gasteiger partial charge in [0.15, 0.2) is 0 Å². The fourth-order valence-corrected chi connectivity index (χ4v) is 13.5. The maximum atomic E-state index is 15.3. The summed E-state index contributed by atoms with van der Waals surface area (Å²) in [7, 11) is 3.02.